The molecule has 92 valence electrons. The molecule has 0 bridgehead atoms. The third kappa shape index (κ3) is 4.34. The number of methoxy groups -OCH3 is 1. The summed E-state index contributed by atoms with van der Waals surface area (Å²) in [6.45, 7) is 6.04. The number of rotatable bonds is 4. The van der Waals surface area contributed by atoms with Crippen LogP contribution in [0.2, 0.25) is 0 Å². The van der Waals surface area contributed by atoms with Crippen molar-refractivity contribution in [2.75, 3.05) is 7.11 Å². The van der Waals surface area contributed by atoms with E-state index in [1.54, 1.807) is 25.6 Å². The van der Waals surface area contributed by atoms with Gasteiger partial charge in [-0.3, -0.25) is 4.99 Å². The number of carbonyl (C=O) groups is 1. The van der Waals surface area contributed by atoms with Crippen LogP contribution in [0.1, 0.15) is 31.9 Å². The highest BCUT2D eigenvalue weighted by molar-refractivity contribution is 5.83. The van der Waals surface area contributed by atoms with Gasteiger partial charge in [0.2, 0.25) is 5.88 Å². The lowest BCUT2D eigenvalue weighted by Crippen LogP contribution is -2.10. The van der Waals surface area contributed by atoms with E-state index >= 15 is 0 Å². The van der Waals surface area contributed by atoms with E-state index in [-0.39, 0.29) is 5.54 Å². The van der Waals surface area contributed by atoms with Crippen LogP contribution < -0.4 is 4.74 Å². The SMILES string of the molecule is COc1cc(CC=O)c(C=NC(C)(C)C)cn1. The number of hydrogen-bond acceptors (Lipinski definition) is 4. The summed E-state index contributed by atoms with van der Waals surface area (Å²) in [5, 5.41) is 0. The molecule has 4 nitrogen and oxygen atoms in total. The Bertz CT molecular complexity index is 420. The molecule has 0 aromatic carbocycles. The molecular formula is C13H18N2O2. The van der Waals surface area contributed by atoms with Crippen molar-refractivity contribution in [2.45, 2.75) is 32.7 Å². The van der Waals surface area contributed by atoms with Crippen LogP contribution in [0.25, 0.3) is 0 Å². The fourth-order valence-corrected chi connectivity index (χ4v) is 1.24. The topological polar surface area (TPSA) is 51.5 Å². The van der Waals surface area contributed by atoms with Crippen molar-refractivity contribution in [1.29, 1.82) is 0 Å². The largest absolute Gasteiger partial charge is 0.481 e. The summed E-state index contributed by atoms with van der Waals surface area (Å²) in [5.41, 5.74) is 1.59. The maximum absolute atomic E-state index is 10.6. The second-order valence-corrected chi connectivity index (χ2v) is 4.73. The van der Waals surface area contributed by atoms with Crippen molar-refractivity contribution in [3.8, 4) is 5.88 Å². The Labute approximate surface area is 102 Å². The summed E-state index contributed by atoms with van der Waals surface area (Å²) in [7, 11) is 1.55. The molecule has 17 heavy (non-hydrogen) atoms. The van der Waals surface area contributed by atoms with Gasteiger partial charge in [0.15, 0.2) is 0 Å². The van der Waals surface area contributed by atoms with Gasteiger partial charge < -0.3 is 9.53 Å². The highest BCUT2D eigenvalue weighted by Crippen LogP contribution is 2.14. The molecule has 0 saturated carbocycles. The minimum atomic E-state index is -0.140. The van der Waals surface area contributed by atoms with Crippen molar-refractivity contribution in [2.24, 2.45) is 4.99 Å². The number of pyridine rings is 1. The van der Waals surface area contributed by atoms with Gasteiger partial charge in [0.05, 0.1) is 12.6 Å². The molecule has 0 unspecified atom stereocenters. The van der Waals surface area contributed by atoms with Crippen molar-refractivity contribution in [3.05, 3.63) is 23.4 Å². The van der Waals surface area contributed by atoms with Crippen molar-refractivity contribution in [3.63, 3.8) is 0 Å². The molecule has 0 spiro atoms. The Morgan fingerprint density at radius 3 is 2.71 bits per heavy atom. The summed E-state index contributed by atoms with van der Waals surface area (Å²) in [5.74, 6) is 0.509. The van der Waals surface area contributed by atoms with E-state index in [4.69, 9.17) is 4.74 Å². The van der Waals surface area contributed by atoms with E-state index in [0.29, 0.717) is 12.3 Å². The lowest BCUT2D eigenvalue weighted by Gasteiger charge is -2.11. The zero-order chi connectivity index (χ0) is 12.9. The zero-order valence-electron chi connectivity index (χ0n) is 10.7. The molecule has 0 amide bonds. The molecule has 4 heteroatoms. The van der Waals surface area contributed by atoms with Crippen LogP contribution in [-0.2, 0) is 11.2 Å². The first-order valence-corrected chi connectivity index (χ1v) is 5.48. The summed E-state index contributed by atoms with van der Waals surface area (Å²) < 4.78 is 5.03. The third-order valence-corrected chi connectivity index (χ3v) is 2.10. The van der Waals surface area contributed by atoms with Crippen molar-refractivity contribution < 1.29 is 9.53 Å². The number of aldehydes is 1. The monoisotopic (exact) mass is 234 g/mol. The predicted octanol–water partition coefficient (Wildman–Crippen LogP) is 2.05. The van der Waals surface area contributed by atoms with Crippen molar-refractivity contribution >= 4 is 12.5 Å². The smallest absolute Gasteiger partial charge is 0.213 e. The molecule has 0 N–H and O–H groups in total. The van der Waals surface area contributed by atoms with E-state index in [0.717, 1.165) is 17.4 Å². The van der Waals surface area contributed by atoms with E-state index in [1.165, 1.54) is 0 Å². The lowest BCUT2D eigenvalue weighted by molar-refractivity contribution is -0.107. The maximum atomic E-state index is 10.6. The number of aromatic nitrogens is 1. The zero-order valence-corrected chi connectivity index (χ0v) is 10.7. The maximum Gasteiger partial charge on any atom is 0.213 e. The highest BCUT2D eigenvalue weighted by atomic mass is 16.5. The fourth-order valence-electron chi connectivity index (χ4n) is 1.24. The molecule has 0 radical (unpaired) electrons. The quantitative estimate of drug-likeness (QED) is 0.592. The molecule has 1 aromatic heterocycles. The van der Waals surface area contributed by atoms with Crippen LogP contribution in [-0.4, -0.2) is 30.1 Å². The van der Waals surface area contributed by atoms with E-state index < -0.39 is 0 Å². The molecule has 1 aromatic rings. The molecule has 0 fully saturated rings. The summed E-state index contributed by atoms with van der Waals surface area (Å²) >= 11 is 0. The van der Waals surface area contributed by atoms with Gasteiger partial charge in [-0.1, -0.05) is 0 Å². The fraction of sp³-hybridized carbons (Fsp3) is 0.462. The van der Waals surface area contributed by atoms with Gasteiger partial charge in [-0.25, -0.2) is 4.98 Å². The molecule has 0 aliphatic heterocycles. The Hall–Kier alpha value is -1.71. The van der Waals surface area contributed by atoms with Gasteiger partial charge in [-0.05, 0) is 26.3 Å². The van der Waals surface area contributed by atoms with E-state index in [1.807, 2.05) is 20.8 Å². The average Bonchev–Trinajstić information content (AvgIpc) is 2.26. The highest BCUT2D eigenvalue weighted by Gasteiger charge is 2.07. The Kier molecular flexibility index (Phi) is 4.37. The molecule has 0 saturated heterocycles. The van der Waals surface area contributed by atoms with Crippen LogP contribution in [0.4, 0.5) is 0 Å². The van der Waals surface area contributed by atoms with Gasteiger partial charge >= 0.3 is 0 Å². The number of aliphatic imine (C=N–C) groups is 1. The van der Waals surface area contributed by atoms with Gasteiger partial charge in [-0.2, -0.15) is 0 Å². The standard InChI is InChI=1S/C13H18N2O2/c1-13(2,3)15-9-11-8-14-12(17-4)7-10(11)5-6-16/h6-9H,5H2,1-4H3. The second-order valence-electron chi connectivity index (χ2n) is 4.73. The number of carbonyl (C=O) groups excluding carboxylic acids is 1. The van der Waals surface area contributed by atoms with Crippen LogP contribution in [0.3, 0.4) is 0 Å². The normalized spacial score (nSPS) is 11.8. The Balaban J connectivity index is 3.05. The predicted molar refractivity (Wildman–Crippen MR) is 67.9 cm³/mol. The summed E-state index contributed by atoms with van der Waals surface area (Å²) in [6, 6.07) is 1.76. The molecule has 0 atom stereocenters. The summed E-state index contributed by atoms with van der Waals surface area (Å²) in [6.07, 6.45) is 4.63. The number of nitrogens with zero attached hydrogens (tertiary/aromatic N) is 2. The van der Waals surface area contributed by atoms with Crippen LogP contribution in [0.5, 0.6) is 5.88 Å². The first-order chi connectivity index (χ1) is 7.96. The third-order valence-electron chi connectivity index (χ3n) is 2.10. The van der Waals surface area contributed by atoms with Gasteiger partial charge in [0.25, 0.3) is 0 Å². The number of hydrogen-bond donors (Lipinski definition) is 0. The van der Waals surface area contributed by atoms with E-state index in [9.17, 15) is 4.79 Å². The molecule has 1 rings (SSSR count). The molecule has 0 aliphatic rings. The minimum Gasteiger partial charge on any atom is -0.481 e. The van der Waals surface area contributed by atoms with Gasteiger partial charge in [0, 0.05) is 30.5 Å². The van der Waals surface area contributed by atoms with E-state index in [2.05, 4.69) is 9.98 Å². The lowest BCUT2D eigenvalue weighted by atomic mass is 10.1. The van der Waals surface area contributed by atoms with Crippen molar-refractivity contribution in [1.82, 2.24) is 4.98 Å². The molecule has 0 aliphatic carbocycles. The first kappa shape index (κ1) is 13.4. The molecular weight excluding hydrogens is 216 g/mol. The molecule has 1 heterocycles. The summed E-state index contributed by atoms with van der Waals surface area (Å²) in [4.78, 5) is 19.1. The van der Waals surface area contributed by atoms with Gasteiger partial charge in [0.1, 0.15) is 6.29 Å². The van der Waals surface area contributed by atoms with Crippen LogP contribution >= 0.6 is 0 Å². The average molecular weight is 234 g/mol. The number of ether oxygens (including phenoxy) is 1. The Morgan fingerprint density at radius 2 is 2.18 bits per heavy atom. The second kappa shape index (κ2) is 5.57. The minimum absolute atomic E-state index is 0.140. The van der Waals surface area contributed by atoms with Crippen LogP contribution in [0.15, 0.2) is 17.3 Å². The Morgan fingerprint density at radius 1 is 1.47 bits per heavy atom. The van der Waals surface area contributed by atoms with Gasteiger partial charge in [-0.15, -0.1) is 0 Å². The first-order valence-electron chi connectivity index (χ1n) is 5.48. The van der Waals surface area contributed by atoms with Crippen LogP contribution in [0, 0.1) is 0 Å².